The minimum absolute atomic E-state index is 0.139. The standard InChI is InChI=1S/C12H16FN3O2/c1-9-10(8-15-4-2-14-3-5-15)6-11(13)7-12(9)16(17)18/h6-7,14H,2-5,8H2,1H3. The summed E-state index contributed by atoms with van der Waals surface area (Å²) < 4.78 is 13.4. The van der Waals surface area contributed by atoms with Crippen molar-refractivity contribution in [2.75, 3.05) is 26.2 Å². The minimum atomic E-state index is -0.544. The van der Waals surface area contributed by atoms with Crippen LogP contribution in [0.3, 0.4) is 0 Å². The molecule has 0 aliphatic carbocycles. The Labute approximate surface area is 105 Å². The lowest BCUT2D eigenvalue weighted by Gasteiger charge is -2.27. The zero-order valence-corrected chi connectivity index (χ0v) is 10.3. The van der Waals surface area contributed by atoms with E-state index in [1.54, 1.807) is 6.92 Å². The molecular weight excluding hydrogens is 237 g/mol. The maximum Gasteiger partial charge on any atom is 0.275 e. The number of nitrogens with one attached hydrogen (secondary N) is 1. The third-order valence-corrected chi connectivity index (χ3v) is 3.25. The fraction of sp³-hybridized carbons (Fsp3) is 0.500. The average Bonchev–Trinajstić information content (AvgIpc) is 2.34. The lowest BCUT2D eigenvalue weighted by Crippen LogP contribution is -2.43. The van der Waals surface area contributed by atoms with E-state index in [4.69, 9.17) is 0 Å². The van der Waals surface area contributed by atoms with Gasteiger partial charge in [-0.1, -0.05) is 0 Å². The fourth-order valence-electron chi connectivity index (χ4n) is 2.18. The van der Waals surface area contributed by atoms with Crippen molar-refractivity contribution < 1.29 is 9.31 Å². The van der Waals surface area contributed by atoms with Gasteiger partial charge in [-0.3, -0.25) is 15.0 Å². The summed E-state index contributed by atoms with van der Waals surface area (Å²) >= 11 is 0. The first-order valence-electron chi connectivity index (χ1n) is 5.94. The monoisotopic (exact) mass is 253 g/mol. The summed E-state index contributed by atoms with van der Waals surface area (Å²) in [7, 11) is 0. The van der Waals surface area contributed by atoms with Crippen LogP contribution in [0.25, 0.3) is 0 Å². The molecule has 0 bridgehead atoms. The number of hydrogen-bond donors (Lipinski definition) is 1. The topological polar surface area (TPSA) is 58.4 Å². The molecule has 5 nitrogen and oxygen atoms in total. The van der Waals surface area contributed by atoms with Gasteiger partial charge in [-0.05, 0) is 18.6 Å². The number of rotatable bonds is 3. The zero-order chi connectivity index (χ0) is 13.1. The van der Waals surface area contributed by atoms with Crippen molar-refractivity contribution in [1.82, 2.24) is 10.2 Å². The van der Waals surface area contributed by atoms with E-state index in [0.717, 1.165) is 32.2 Å². The third-order valence-electron chi connectivity index (χ3n) is 3.25. The highest BCUT2D eigenvalue weighted by Gasteiger charge is 2.18. The number of halogens is 1. The molecule has 0 radical (unpaired) electrons. The summed E-state index contributed by atoms with van der Waals surface area (Å²) in [4.78, 5) is 12.5. The normalized spacial score (nSPS) is 16.8. The Morgan fingerprint density at radius 2 is 2.11 bits per heavy atom. The van der Waals surface area contributed by atoms with Crippen LogP contribution >= 0.6 is 0 Å². The smallest absolute Gasteiger partial charge is 0.275 e. The second-order valence-corrected chi connectivity index (χ2v) is 4.49. The molecular formula is C12H16FN3O2. The molecule has 6 heteroatoms. The minimum Gasteiger partial charge on any atom is -0.314 e. The maximum atomic E-state index is 13.4. The summed E-state index contributed by atoms with van der Waals surface area (Å²) in [5.41, 5.74) is 1.11. The molecule has 1 aromatic rings. The van der Waals surface area contributed by atoms with Crippen LogP contribution < -0.4 is 5.32 Å². The molecule has 1 aliphatic rings. The van der Waals surface area contributed by atoms with Crippen molar-refractivity contribution in [3.05, 3.63) is 39.2 Å². The van der Waals surface area contributed by atoms with Crippen LogP contribution in [0.5, 0.6) is 0 Å². The Hall–Kier alpha value is -1.53. The molecule has 0 unspecified atom stereocenters. The van der Waals surface area contributed by atoms with Gasteiger partial charge in [0.25, 0.3) is 5.69 Å². The molecule has 1 heterocycles. The highest BCUT2D eigenvalue weighted by Crippen LogP contribution is 2.24. The summed E-state index contributed by atoms with van der Waals surface area (Å²) in [5, 5.41) is 14.1. The lowest BCUT2D eigenvalue weighted by atomic mass is 10.1. The van der Waals surface area contributed by atoms with Crippen molar-refractivity contribution in [2.45, 2.75) is 13.5 Å². The summed E-state index contributed by atoms with van der Waals surface area (Å²) in [6.45, 7) is 5.79. The molecule has 1 aromatic carbocycles. The predicted molar refractivity (Wildman–Crippen MR) is 65.9 cm³/mol. The van der Waals surface area contributed by atoms with Crippen LogP contribution in [0.15, 0.2) is 12.1 Å². The van der Waals surface area contributed by atoms with E-state index < -0.39 is 10.7 Å². The van der Waals surface area contributed by atoms with Gasteiger partial charge in [0.2, 0.25) is 0 Å². The maximum absolute atomic E-state index is 13.4. The van der Waals surface area contributed by atoms with E-state index in [1.165, 1.54) is 6.07 Å². The summed E-state index contributed by atoms with van der Waals surface area (Å²) in [6.07, 6.45) is 0. The van der Waals surface area contributed by atoms with Crippen LogP contribution in [-0.2, 0) is 6.54 Å². The van der Waals surface area contributed by atoms with Gasteiger partial charge in [0.1, 0.15) is 5.82 Å². The van der Waals surface area contributed by atoms with Gasteiger partial charge >= 0.3 is 0 Å². The van der Waals surface area contributed by atoms with E-state index in [-0.39, 0.29) is 5.69 Å². The predicted octanol–water partition coefficient (Wildman–Crippen LogP) is 1.45. The Morgan fingerprint density at radius 3 is 2.72 bits per heavy atom. The van der Waals surface area contributed by atoms with Gasteiger partial charge in [0.15, 0.2) is 0 Å². The van der Waals surface area contributed by atoms with E-state index in [2.05, 4.69) is 10.2 Å². The molecule has 0 spiro atoms. The molecule has 0 atom stereocenters. The van der Waals surface area contributed by atoms with E-state index in [9.17, 15) is 14.5 Å². The first-order valence-corrected chi connectivity index (χ1v) is 5.94. The average molecular weight is 253 g/mol. The molecule has 2 rings (SSSR count). The quantitative estimate of drug-likeness (QED) is 0.654. The van der Waals surface area contributed by atoms with Crippen molar-refractivity contribution >= 4 is 5.69 Å². The van der Waals surface area contributed by atoms with Gasteiger partial charge in [-0.15, -0.1) is 0 Å². The zero-order valence-electron chi connectivity index (χ0n) is 10.3. The number of benzene rings is 1. The van der Waals surface area contributed by atoms with E-state index in [0.29, 0.717) is 17.7 Å². The highest BCUT2D eigenvalue weighted by atomic mass is 19.1. The summed E-state index contributed by atoms with van der Waals surface area (Å²) in [5.74, 6) is -0.544. The molecule has 18 heavy (non-hydrogen) atoms. The van der Waals surface area contributed by atoms with Crippen molar-refractivity contribution in [2.24, 2.45) is 0 Å². The van der Waals surface area contributed by atoms with Gasteiger partial charge in [-0.25, -0.2) is 4.39 Å². The summed E-state index contributed by atoms with van der Waals surface area (Å²) in [6, 6.07) is 2.38. The second kappa shape index (κ2) is 5.41. The van der Waals surface area contributed by atoms with Gasteiger partial charge in [-0.2, -0.15) is 0 Å². The molecule has 1 aliphatic heterocycles. The molecule has 1 saturated heterocycles. The molecule has 0 aromatic heterocycles. The SMILES string of the molecule is Cc1c(CN2CCNCC2)cc(F)cc1[N+](=O)[O-]. The first-order chi connectivity index (χ1) is 8.58. The van der Waals surface area contributed by atoms with Crippen LogP contribution in [0.1, 0.15) is 11.1 Å². The molecule has 1 N–H and O–H groups in total. The lowest BCUT2D eigenvalue weighted by molar-refractivity contribution is -0.385. The highest BCUT2D eigenvalue weighted by molar-refractivity contribution is 5.45. The van der Waals surface area contributed by atoms with Gasteiger partial charge < -0.3 is 5.32 Å². The van der Waals surface area contributed by atoms with Crippen LogP contribution in [-0.4, -0.2) is 36.0 Å². The molecule has 1 fully saturated rings. The third kappa shape index (κ3) is 2.83. The van der Waals surface area contributed by atoms with Crippen molar-refractivity contribution in [1.29, 1.82) is 0 Å². The number of piperazine rings is 1. The molecule has 0 amide bonds. The van der Waals surface area contributed by atoms with E-state index >= 15 is 0 Å². The van der Waals surface area contributed by atoms with Crippen LogP contribution in [0, 0.1) is 22.9 Å². The largest absolute Gasteiger partial charge is 0.314 e. The Bertz CT molecular complexity index is 459. The van der Waals surface area contributed by atoms with Crippen LogP contribution in [0.2, 0.25) is 0 Å². The van der Waals surface area contributed by atoms with Gasteiger partial charge in [0, 0.05) is 38.3 Å². The Kier molecular flexibility index (Phi) is 3.88. The number of hydrogen-bond acceptors (Lipinski definition) is 4. The second-order valence-electron chi connectivity index (χ2n) is 4.49. The Balaban J connectivity index is 2.23. The molecule has 0 saturated carbocycles. The molecule has 98 valence electrons. The van der Waals surface area contributed by atoms with Crippen molar-refractivity contribution in [3.63, 3.8) is 0 Å². The fourth-order valence-corrected chi connectivity index (χ4v) is 2.18. The number of nitro groups is 1. The van der Waals surface area contributed by atoms with E-state index in [1.807, 2.05) is 0 Å². The van der Waals surface area contributed by atoms with Gasteiger partial charge in [0.05, 0.1) is 11.0 Å². The van der Waals surface area contributed by atoms with Crippen LogP contribution in [0.4, 0.5) is 10.1 Å². The first kappa shape index (κ1) is 12.9. The Morgan fingerprint density at radius 1 is 1.44 bits per heavy atom. The number of nitro benzene ring substituents is 1. The number of nitrogens with zero attached hydrogens (tertiary/aromatic N) is 2. The van der Waals surface area contributed by atoms with Crippen molar-refractivity contribution in [3.8, 4) is 0 Å².